The molecule has 0 amide bonds. The van der Waals surface area contributed by atoms with Gasteiger partial charge in [-0.2, -0.15) is 0 Å². The highest BCUT2D eigenvalue weighted by molar-refractivity contribution is 5.88. The van der Waals surface area contributed by atoms with E-state index in [9.17, 15) is 35.4 Å². The molecule has 1 saturated carbocycles. The first-order chi connectivity index (χ1) is 19.8. The predicted molar refractivity (Wildman–Crippen MR) is 137 cm³/mol. The summed E-state index contributed by atoms with van der Waals surface area (Å²) in [6.45, 7) is -1.06. The maximum Gasteiger partial charge on any atom is 0.221 e. The van der Waals surface area contributed by atoms with Crippen LogP contribution in [0.2, 0.25) is 0 Å². The molecule has 0 unspecified atom stereocenters. The van der Waals surface area contributed by atoms with Crippen LogP contribution in [-0.2, 0) is 33.2 Å². The van der Waals surface area contributed by atoms with Crippen LogP contribution < -0.4 is 34.4 Å². The summed E-state index contributed by atoms with van der Waals surface area (Å²) in [5, 5.41) is 61.7. The van der Waals surface area contributed by atoms with E-state index in [-0.39, 0.29) is 19.5 Å². The van der Waals surface area contributed by atoms with Gasteiger partial charge in [0.1, 0.15) is 54.9 Å². The van der Waals surface area contributed by atoms with Crippen molar-refractivity contribution < 1.29 is 63.9 Å². The van der Waals surface area contributed by atoms with Gasteiger partial charge in [-0.15, -0.1) is 0 Å². The summed E-state index contributed by atoms with van der Waals surface area (Å²) in [6, 6.07) is -4.30. The number of ether oxygens (including phenoxy) is 6. The Hall–Kier alpha value is -1.05. The Kier molecular flexibility index (Phi) is 11.2. The van der Waals surface area contributed by atoms with Crippen molar-refractivity contribution in [3.63, 3.8) is 0 Å². The van der Waals surface area contributed by atoms with Crippen molar-refractivity contribution in [1.29, 1.82) is 0 Å². The number of Topliss-reactive ketones (excluding diaryl/α,β-unsaturated/α-hetero) is 1. The zero-order valence-corrected chi connectivity index (χ0v) is 22.7. The van der Waals surface area contributed by atoms with Crippen molar-refractivity contribution in [2.45, 2.75) is 117 Å². The zero-order valence-electron chi connectivity index (χ0n) is 22.7. The number of carbonyl (C=O) groups excluding carboxylic acids is 1. The standard InChI is InChI=1S/C23H44N6O13/c24-2-7-13(32)15(34)10(28)21(37-7)40-18-6(27)1-5(26)12(31)20(18)42-23-17(36)19(9(4-30)39-23)41-22-11(29)16(35)14(33)8(3-25)38-22/h5-16,18-23,30-35H,1-4,24-29H2/t5-,6+,7-,8+,9-,10-,11-,12+,13-,14-,15-,16-,18-,19-,20-,21-,22-,23+/m1/s1. The van der Waals surface area contributed by atoms with E-state index in [1.807, 2.05) is 0 Å². The van der Waals surface area contributed by atoms with E-state index >= 15 is 0 Å². The first kappa shape index (κ1) is 33.8. The normalized spacial score (nSPS) is 52.0. The van der Waals surface area contributed by atoms with Gasteiger partial charge in [0.05, 0.1) is 24.8 Å². The van der Waals surface area contributed by atoms with E-state index < -0.39 is 123 Å². The van der Waals surface area contributed by atoms with Crippen LogP contribution in [0.1, 0.15) is 6.42 Å². The molecule has 0 aromatic heterocycles. The number of carbonyl (C=O) groups is 1. The van der Waals surface area contributed by atoms with Crippen molar-refractivity contribution in [3.05, 3.63) is 0 Å². The quantitative estimate of drug-likeness (QED) is 0.115. The third-order valence-electron chi connectivity index (χ3n) is 8.21. The Morgan fingerprint density at radius 3 is 1.69 bits per heavy atom. The van der Waals surface area contributed by atoms with Gasteiger partial charge < -0.3 is 93.5 Å². The molecule has 42 heavy (non-hydrogen) atoms. The predicted octanol–water partition coefficient (Wildman–Crippen LogP) is -8.69. The number of hydrogen-bond donors (Lipinski definition) is 12. The fourth-order valence-corrected chi connectivity index (χ4v) is 5.59. The third-order valence-corrected chi connectivity index (χ3v) is 8.21. The summed E-state index contributed by atoms with van der Waals surface area (Å²) in [5.74, 6) is -0.833. The van der Waals surface area contributed by atoms with Crippen LogP contribution in [0.5, 0.6) is 0 Å². The monoisotopic (exact) mass is 612 g/mol. The summed E-state index contributed by atoms with van der Waals surface area (Å²) in [7, 11) is 0. The van der Waals surface area contributed by atoms with Gasteiger partial charge in [0.25, 0.3) is 0 Å². The fraction of sp³-hybridized carbons (Fsp3) is 0.957. The Labute approximate surface area is 240 Å². The van der Waals surface area contributed by atoms with E-state index in [0.717, 1.165) is 0 Å². The molecular weight excluding hydrogens is 568 g/mol. The topological polar surface area (TPSA) is 350 Å². The average molecular weight is 613 g/mol. The van der Waals surface area contributed by atoms with E-state index in [2.05, 4.69) is 0 Å². The highest BCUT2D eigenvalue weighted by Crippen LogP contribution is 2.32. The average Bonchev–Trinajstić information content (AvgIpc) is 3.27. The van der Waals surface area contributed by atoms with Crippen molar-refractivity contribution in [2.24, 2.45) is 34.4 Å². The van der Waals surface area contributed by atoms with Gasteiger partial charge in [0, 0.05) is 25.2 Å². The lowest BCUT2D eigenvalue weighted by Crippen LogP contribution is -2.68. The molecule has 0 bridgehead atoms. The molecule has 3 heterocycles. The van der Waals surface area contributed by atoms with Crippen LogP contribution in [0.4, 0.5) is 0 Å². The zero-order chi connectivity index (χ0) is 31.0. The number of aliphatic hydroxyl groups excluding tert-OH is 6. The minimum absolute atomic E-state index is 0.0665. The summed E-state index contributed by atoms with van der Waals surface area (Å²) in [5.41, 5.74) is 35.5. The molecule has 0 radical (unpaired) electrons. The molecule has 1 aliphatic carbocycles. The van der Waals surface area contributed by atoms with Crippen LogP contribution in [0.3, 0.4) is 0 Å². The first-order valence-electron chi connectivity index (χ1n) is 13.7. The van der Waals surface area contributed by atoms with Crippen LogP contribution >= 0.6 is 0 Å². The molecule has 19 heteroatoms. The number of nitrogens with two attached hydrogens (primary N) is 6. The van der Waals surface area contributed by atoms with E-state index in [0.29, 0.717) is 0 Å². The van der Waals surface area contributed by atoms with Gasteiger partial charge in [-0.1, -0.05) is 0 Å². The molecule has 3 saturated heterocycles. The molecule has 18 N–H and O–H groups in total. The van der Waals surface area contributed by atoms with Gasteiger partial charge in [-0.3, -0.25) is 4.79 Å². The highest BCUT2D eigenvalue weighted by Gasteiger charge is 2.54. The van der Waals surface area contributed by atoms with Crippen LogP contribution in [0.15, 0.2) is 0 Å². The second kappa shape index (κ2) is 13.9. The van der Waals surface area contributed by atoms with Gasteiger partial charge in [-0.25, -0.2) is 0 Å². The van der Waals surface area contributed by atoms with E-state index in [1.54, 1.807) is 0 Å². The molecular formula is C23H44N6O13. The van der Waals surface area contributed by atoms with Gasteiger partial charge in [0.15, 0.2) is 18.7 Å². The molecule has 0 aromatic rings. The highest BCUT2D eigenvalue weighted by atomic mass is 16.8. The van der Waals surface area contributed by atoms with Crippen molar-refractivity contribution in [2.75, 3.05) is 19.7 Å². The summed E-state index contributed by atoms with van der Waals surface area (Å²) < 4.78 is 34.3. The molecule has 18 atom stereocenters. The number of aliphatic hydroxyl groups is 6. The smallest absolute Gasteiger partial charge is 0.221 e. The maximum atomic E-state index is 13.4. The van der Waals surface area contributed by atoms with Gasteiger partial charge >= 0.3 is 0 Å². The van der Waals surface area contributed by atoms with Crippen molar-refractivity contribution >= 4 is 5.78 Å². The molecule has 4 rings (SSSR count). The summed E-state index contributed by atoms with van der Waals surface area (Å²) in [4.78, 5) is 13.4. The number of ketones is 1. The van der Waals surface area contributed by atoms with Gasteiger partial charge in [-0.05, 0) is 6.42 Å². The summed E-state index contributed by atoms with van der Waals surface area (Å²) in [6.07, 6.45) is -19.0. The Morgan fingerprint density at radius 1 is 0.667 bits per heavy atom. The lowest BCUT2D eigenvalue weighted by atomic mass is 9.84. The van der Waals surface area contributed by atoms with Gasteiger partial charge in [0.2, 0.25) is 12.1 Å². The Balaban J connectivity index is 1.50. The second-order valence-corrected chi connectivity index (χ2v) is 11.1. The molecule has 244 valence electrons. The maximum absolute atomic E-state index is 13.4. The molecule has 0 spiro atoms. The van der Waals surface area contributed by atoms with Crippen LogP contribution in [0, 0.1) is 0 Å². The fourth-order valence-electron chi connectivity index (χ4n) is 5.59. The third kappa shape index (κ3) is 6.49. The SMILES string of the molecule is NC[C@@H]1O[C@H](O[C@H]2C(=O)[C@H](O[C@@H]3[C@@H](O)[C@H](N)C[C@H](N)[C@H]3O[C@H]3O[C@H](CN)[C@@H](O)[C@H](O)[C@H]3N)O[C@@H]2CO)[C@H](N)[C@@H](O)[C@@H]1O. The molecule has 4 fully saturated rings. The molecule has 0 aromatic carbocycles. The second-order valence-electron chi connectivity index (χ2n) is 11.1. The number of rotatable bonds is 9. The minimum Gasteiger partial charge on any atom is -0.394 e. The largest absolute Gasteiger partial charge is 0.394 e. The van der Waals surface area contributed by atoms with Crippen LogP contribution in [-0.4, -0.2) is 166 Å². The summed E-state index contributed by atoms with van der Waals surface area (Å²) >= 11 is 0. The molecule has 4 aliphatic rings. The molecule has 3 aliphatic heterocycles. The lowest BCUT2D eigenvalue weighted by molar-refractivity contribution is -0.301. The van der Waals surface area contributed by atoms with Crippen molar-refractivity contribution in [3.8, 4) is 0 Å². The van der Waals surface area contributed by atoms with Crippen molar-refractivity contribution in [1.82, 2.24) is 0 Å². The first-order valence-corrected chi connectivity index (χ1v) is 13.7. The lowest BCUT2D eigenvalue weighted by Gasteiger charge is -2.47. The number of hydrogen-bond acceptors (Lipinski definition) is 19. The molecule has 19 nitrogen and oxygen atoms in total. The Bertz CT molecular complexity index is 909. The minimum atomic E-state index is -1.72. The van der Waals surface area contributed by atoms with E-state index in [1.165, 1.54) is 0 Å². The van der Waals surface area contributed by atoms with Crippen LogP contribution in [0.25, 0.3) is 0 Å². The van der Waals surface area contributed by atoms with E-state index in [4.69, 9.17) is 62.8 Å². The Morgan fingerprint density at radius 2 is 1.19 bits per heavy atom.